The van der Waals surface area contributed by atoms with Crippen LogP contribution in [0.5, 0.6) is 0 Å². The highest BCUT2D eigenvalue weighted by Gasteiger charge is 2.15. The van der Waals surface area contributed by atoms with Crippen LogP contribution in [0, 0.1) is 0 Å². The number of nitrogens with zero attached hydrogens (tertiary/aromatic N) is 2. The number of thiazole rings is 1. The molecule has 0 aliphatic carbocycles. The molecule has 2 amide bonds. The minimum Gasteiger partial charge on any atom is -0.347 e. The fourth-order valence-electron chi connectivity index (χ4n) is 1.78. The van der Waals surface area contributed by atoms with Gasteiger partial charge in [0.05, 0.1) is 0 Å². The second-order valence-corrected chi connectivity index (χ2v) is 5.03. The fraction of sp³-hybridized carbons (Fsp3) is 0.545. The molecule has 0 bridgehead atoms. The number of anilines is 1. The van der Waals surface area contributed by atoms with Crippen LogP contribution in [0.1, 0.15) is 0 Å². The van der Waals surface area contributed by atoms with Gasteiger partial charge in [0.25, 0.3) is 0 Å². The highest BCUT2D eigenvalue weighted by Crippen LogP contribution is 2.09. The summed E-state index contributed by atoms with van der Waals surface area (Å²) in [6.45, 7) is 5.13. The maximum atomic E-state index is 11.5. The number of rotatable bonds is 4. The van der Waals surface area contributed by atoms with Gasteiger partial charge >= 0.3 is 11.8 Å². The van der Waals surface area contributed by atoms with Gasteiger partial charge in [-0.15, -0.1) is 11.3 Å². The van der Waals surface area contributed by atoms with Crippen molar-refractivity contribution in [3.8, 4) is 0 Å². The molecule has 0 spiro atoms. The summed E-state index contributed by atoms with van der Waals surface area (Å²) in [4.78, 5) is 29.2. The maximum Gasteiger partial charge on any atom is 0.315 e. The molecule has 0 unspecified atom stereocenters. The first-order valence-electron chi connectivity index (χ1n) is 6.17. The van der Waals surface area contributed by atoms with E-state index in [0.29, 0.717) is 11.7 Å². The average Bonchev–Trinajstić information content (AvgIpc) is 2.92. The van der Waals surface area contributed by atoms with Crippen LogP contribution in [0.4, 0.5) is 5.13 Å². The highest BCUT2D eigenvalue weighted by atomic mass is 32.1. The lowest BCUT2D eigenvalue weighted by atomic mass is 10.3. The lowest BCUT2D eigenvalue weighted by Crippen LogP contribution is -2.47. The van der Waals surface area contributed by atoms with Crippen LogP contribution >= 0.6 is 11.3 Å². The van der Waals surface area contributed by atoms with E-state index in [4.69, 9.17) is 0 Å². The minimum absolute atomic E-state index is 0.433. The third-order valence-corrected chi connectivity index (χ3v) is 3.47. The topological polar surface area (TPSA) is 86.4 Å². The lowest BCUT2D eigenvalue weighted by molar-refractivity contribution is -0.136. The Hall–Kier alpha value is -1.51. The monoisotopic (exact) mass is 283 g/mol. The van der Waals surface area contributed by atoms with Gasteiger partial charge in [-0.05, 0) is 0 Å². The van der Waals surface area contributed by atoms with Gasteiger partial charge < -0.3 is 10.6 Å². The second kappa shape index (κ2) is 7.17. The summed E-state index contributed by atoms with van der Waals surface area (Å²) >= 11 is 1.28. The van der Waals surface area contributed by atoms with Gasteiger partial charge in [0.1, 0.15) is 0 Å². The highest BCUT2D eigenvalue weighted by molar-refractivity contribution is 7.13. The number of aromatic nitrogens is 1. The zero-order valence-corrected chi connectivity index (χ0v) is 11.3. The Kier molecular flexibility index (Phi) is 5.25. The smallest absolute Gasteiger partial charge is 0.315 e. The van der Waals surface area contributed by atoms with Crippen molar-refractivity contribution < 1.29 is 9.59 Å². The molecule has 1 aromatic heterocycles. The van der Waals surface area contributed by atoms with Crippen LogP contribution in [-0.4, -0.2) is 61.0 Å². The number of piperazine rings is 1. The van der Waals surface area contributed by atoms with E-state index in [1.54, 1.807) is 11.6 Å². The molecule has 2 rings (SSSR count). The van der Waals surface area contributed by atoms with E-state index in [1.165, 1.54) is 11.3 Å². The molecular weight excluding hydrogens is 266 g/mol. The van der Waals surface area contributed by atoms with Gasteiger partial charge in [0.15, 0.2) is 5.13 Å². The number of hydrogen-bond donors (Lipinski definition) is 3. The molecule has 0 radical (unpaired) electrons. The summed E-state index contributed by atoms with van der Waals surface area (Å²) in [5.74, 6) is -1.29. The van der Waals surface area contributed by atoms with E-state index < -0.39 is 11.8 Å². The van der Waals surface area contributed by atoms with E-state index in [2.05, 4.69) is 25.8 Å². The number of nitrogens with one attached hydrogen (secondary N) is 3. The molecule has 7 nitrogen and oxygen atoms in total. The Morgan fingerprint density at radius 1 is 1.37 bits per heavy atom. The van der Waals surface area contributed by atoms with E-state index in [0.717, 1.165) is 32.7 Å². The number of carbonyl (C=O) groups excluding carboxylic acids is 2. The fourth-order valence-corrected chi connectivity index (χ4v) is 2.31. The van der Waals surface area contributed by atoms with Crippen LogP contribution in [0.3, 0.4) is 0 Å². The number of carbonyl (C=O) groups is 2. The molecule has 1 fully saturated rings. The molecule has 19 heavy (non-hydrogen) atoms. The maximum absolute atomic E-state index is 11.5. The average molecular weight is 283 g/mol. The summed E-state index contributed by atoms with van der Waals surface area (Å²) in [5.41, 5.74) is 0. The quantitative estimate of drug-likeness (QED) is 0.624. The summed E-state index contributed by atoms with van der Waals surface area (Å²) in [5, 5.41) is 10.5. The Balaban J connectivity index is 1.64. The second-order valence-electron chi connectivity index (χ2n) is 4.14. The largest absolute Gasteiger partial charge is 0.347 e. The van der Waals surface area contributed by atoms with Gasteiger partial charge in [-0.2, -0.15) is 0 Å². The molecule has 1 saturated heterocycles. The Labute approximate surface area is 115 Å². The van der Waals surface area contributed by atoms with Gasteiger partial charge in [0, 0.05) is 50.8 Å². The van der Waals surface area contributed by atoms with E-state index >= 15 is 0 Å². The first kappa shape index (κ1) is 13.9. The predicted molar refractivity (Wildman–Crippen MR) is 73.1 cm³/mol. The first-order chi connectivity index (χ1) is 9.25. The van der Waals surface area contributed by atoms with Crippen molar-refractivity contribution >= 4 is 28.3 Å². The molecule has 1 aromatic rings. The summed E-state index contributed by atoms with van der Waals surface area (Å²) in [7, 11) is 0. The molecule has 0 saturated carbocycles. The molecule has 0 aromatic carbocycles. The molecule has 2 heterocycles. The number of amides is 2. The van der Waals surface area contributed by atoms with Crippen molar-refractivity contribution in [1.82, 2.24) is 20.5 Å². The third kappa shape index (κ3) is 4.58. The molecule has 0 atom stereocenters. The van der Waals surface area contributed by atoms with Crippen molar-refractivity contribution in [3.05, 3.63) is 11.6 Å². The molecule has 3 N–H and O–H groups in total. The van der Waals surface area contributed by atoms with E-state index in [1.807, 2.05) is 0 Å². The Bertz CT molecular complexity index is 417. The standard InChI is InChI=1S/C11H17N5O2S/c17-9(10(18)15-11-14-4-8-19-11)13-3-7-16-5-1-12-2-6-16/h4,8,12H,1-3,5-7H2,(H,13,17)(H,14,15,18). The minimum atomic E-state index is -0.671. The summed E-state index contributed by atoms with van der Waals surface area (Å²) in [6, 6.07) is 0. The van der Waals surface area contributed by atoms with Crippen molar-refractivity contribution in [1.29, 1.82) is 0 Å². The SMILES string of the molecule is O=C(NCCN1CCNCC1)C(=O)Nc1nccs1. The zero-order chi connectivity index (χ0) is 13.5. The van der Waals surface area contributed by atoms with Crippen molar-refractivity contribution in [2.75, 3.05) is 44.6 Å². The lowest BCUT2D eigenvalue weighted by Gasteiger charge is -2.26. The predicted octanol–water partition coefficient (Wildman–Crippen LogP) is -0.897. The number of hydrogen-bond acceptors (Lipinski definition) is 6. The molecular formula is C11H17N5O2S. The van der Waals surface area contributed by atoms with E-state index in [9.17, 15) is 9.59 Å². The first-order valence-corrected chi connectivity index (χ1v) is 7.05. The molecule has 1 aliphatic heterocycles. The van der Waals surface area contributed by atoms with Crippen molar-refractivity contribution in [2.24, 2.45) is 0 Å². The van der Waals surface area contributed by atoms with Gasteiger partial charge in [-0.3, -0.25) is 19.8 Å². The van der Waals surface area contributed by atoms with E-state index in [-0.39, 0.29) is 0 Å². The van der Waals surface area contributed by atoms with Crippen LogP contribution < -0.4 is 16.0 Å². The van der Waals surface area contributed by atoms with Crippen LogP contribution in [0.2, 0.25) is 0 Å². The molecule has 104 valence electrons. The Morgan fingerprint density at radius 2 is 2.16 bits per heavy atom. The van der Waals surface area contributed by atoms with Gasteiger partial charge in [0.2, 0.25) is 0 Å². The van der Waals surface area contributed by atoms with Crippen molar-refractivity contribution in [2.45, 2.75) is 0 Å². The van der Waals surface area contributed by atoms with Gasteiger partial charge in [-0.1, -0.05) is 0 Å². The molecule has 1 aliphatic rings. The van der Waals surface area contributed by atoms with Gasteiger partial charge in [-0.25, -0.2) is 4.98 Å². The third-order valence-electron chi connectivity index (χ3n) is 2.78. The Morgan fingerprint density at radius 3 is 2.84 bits per heavy atom. The van der Waals surface area contributed by atoms with Crippen LogP contribution in [0.25, 0.3) is 0 Å². The van der Waals surface area contributed by atoms with Crippen LogP contribution in [0.15, 0.2) is 11.6 Å². The van der Waals surface area contributed by atoms with Crippen molar-refractivity contribution in [3.63, 3.8) is 0 Å². The zero-order valence-electron chi connectivity index (χ0n) is 10.5. The molecule has 8 heteroatoms. The normalized spacial score (nSPS) is 16.0. The summed E-state index contributed by atoms with van der Waals surface area (Å²) in [6.07, 6.45) is 1.57. The van der Waals surface area contributed by atoms with Crippen LogP contribution in [-0.2, 0) is 9.59 Å². The summed E-state index contributed by atoms with van der Waals surface area (Å²) < 4.78 is 0.